The van der Waals surface area contributed by atoms with E-state index in [0.717, 1.165) is 21.4 Å². The van der Waals surface area contributed by atoms with Gasteiger partial charge in [0.25, 0.3) is 10.0 Å². The van der Waals surface area contributed by atoms with E-state index in [-0.39, 0.29) is 15.2 Å². The third-order valence-electron chi connectivity index (χ3n) is 2.08. The maximum Gasteiger partial charge on any atom is 0.252 e. The molecule has 0 aliphatic rings. The minimum absolute atomic E-state index is 0.113. The molecule has 0 bridgehead atoms. The molecule has 0 spiro atoms. The van der Waals surface area contributed by atoms with Crippen LogP contribution in [-0.2, 0) is 16.6 Å². The summed E-state index contributed by atoms with van der Waals surface area (Å²) in [6.45, 7) is 0.220. The highest BCUT2D eigenvalue weighted by Gasteiger charge is 2.17. The smallest absolute Gasteiger partial charge is 0.232 e. The minimum atomic E-state index is -3.54. The number of hydrogen-bond acceptors (Lipinski definition) is 4. The van der Waals surface area contributed by atoms with Gasteiger partial charge in [0, 0.05) is 11.0 Å². The van der Waals surface area contributed by atoms with Gasteiger partial charge in [-0.05, 0) is 17.7 Å². The van der Waals surface area contributed by atoms with Crippen molar-refractivity contribution in [2.24, 2.45) is 0 Å². The fourth-order valence-electron chi connectivity index (χ4n) is 1.26. The number of nitrogens with zero attached hydrogens (tertiary/aromatic N) is 1. The molecule has 2 aromatic rings. The molecule has 0 fully saturated rings. The summed E-state index contributed by atoms with van der Waals surface area (Å²) in [6, 6.07) is 7.41. The van der Waals surface area contributed by atoms with Crippen LogP contribution in [-0.4, -0.2) is 13.4 Å². The van der Waals surface area contributed by atoms with Crippen molar-refractivity contribution in [2.75, 3.05) is 0 Å². The van der Waals surface area contributed by atoms with Crippen LogP contribution in [0.4, 0.5) is 0 Å². The second kappa shape index (κ2) is 5.66. The molecule has 96 valence electrons. The molecule has 8 heteroatoms. The summed E-state index contributed by atoms with van der Waals surface area (Å²) in [5.41, 5.74) is 0.864. The molecular weight excluding hydrogens is 360 g/mol. The fraction of sp³-hybridized carbons (Fsp3) is 0.100. The van der Waals surface area contributed by atoms with Crippen molar-refractivity contribution in [1.82, 2.24) is 9.71 Å². The monoisotopic (exact) mass is 366 g/mol. The molecule has 0 atom stereocenters. The zero-order valence-electron chi connectivity index (χ0n) is 8.93. The number of rotatable bonds is 4. The van der Waals surface area contributed by atoms with Crippen molar-refractivity contribution in [2.45, 2.75) is 10.8 Å². The Kier molecular flexibility index (Phi) is 4.39. The molecule has 0 saturated carbocycles. The molecule has 1 aromatic carbocycles. The summed E-state index contributed by atoms with van der Waals surface area (Å²) in [5, 5.41) is 0. The number of benzene rings is 1. The average Bonchev–Trinajstić information content (AvgIpc) is 2.74. The SMILES string of the molecule is O=S(=O)(NCc1cccc(Br)c1)c1cnc(Cl)s1. The summed E-state index contributed by atoms with van der Waals surface area (Å²) >= 11 is 9.87. The van der Waals surface area contributed by atoms with E-state index in [0.29, 0.717) is 0 Å². The second-order valence-electron chi connectivity index (χ2n) is 3.39. The first-order valence-electron chi connectivity index (χ1n) is 4.83. The Hall–Kier alpha value is -0.470. The lowest BCUT2D eigenvalue weighted by molar-refractivity contribution is 0.583. The van der Waals surface area contributed by atoms with Crippen LogP contribution < -0.4 is 4.72 Å². The van der Waals surface area contributed by atoms with Gasteiger partial charge >= 0.3 is 0 Å². The maximum absolute atomic E-state index is 11.9. The highest BCUT2D eigenvalue weighted by atomic mass is 79.9. The number of thiazole rings is 1. The van der Waals surface area contributed by atoms with E-state index in [1.807, 2.05) is 24.3 Å². The van der Waals surface area contributed by atoms with Gasteiger partial charge < -0.3 is 0 Å². The first kappa shape index (κ1) is 14.0. The molecule has 2 rings (SSSR count). The number of nitrogens with one attached hydrogen (secondary N) is 1. The van der Waals surface area contributed by atoms with Crippen LogP contribution >= 0.6 is 38.9 Å². The number of sulfonamides is 1. The van der Waals surface area contributed by atoms with Gasteiger partial charge in [0.2, 0.25) is 0 Å². The summed E-state index contributed by atoms with van der Waals surface area (Å²) in [4.78, 5) is 3.71. The Labute approximate surface area is 122 Å². The van der Waals surface area contributed by atoms with E-state index in [1.165, 1.54) is 6.20 Å². The molecule has 0 aliphatic heterocycles. The zero-order chi connectivity index (χ0) is 13.2. The van der Waals surface area contributed by atoms with E-state index in [1.54, 1.807) is 0 Å². The van der Waals surface area contributed by atoms with E-state index in [4.69, 9.17) is 11.6 Å². The Bertz CT molecular complexity index is 657. The highest BCUT2D eigenvalue weighted by molar-refractivity contribution is 9.10. The van der Waals surface area contributed by atoms with E-state index >= 15 is 0 Å². The van der Waals surface area contributed by atoms with Gasteiger partial charge in [-0.2, -0.15) is 0 Å². The molecule has 18 heavy (non-hydrogen) atoms. The lowest BCUT2D eigenvalue weighted by atomic mass is 10.2. The van der Waals surface area contributed by atoms with Crippen LogP contribution in [0.25, 0.3) is 0 Å². The number of hydrogen-bond donors (Lipinski definition) is 1. The maximum atomic E-state index is 11.9. The fourth-order valence-corrected chi connectivity index (χ4v) is 4.06. The molecule has 0 unspecified atom stereocenters. The van der Waals surface area contributed by atoms with Crippen molar-refractivity contribution in [3.63, 3.8) is 0 Å². The van der Waals surface area contributed by atoms with Gasteiger partial charge in [-0.3, -0.25) is 0 Å². The third-order valence-corrected chi connectivity index (χ3v) is 5.55. The molecule has 0 amide bonds. The van der Waals surface area contributed by atoms with E-state index in [9.17, 15) is 8.42 Å². The van der Waals surface area contributed by atoms with Crippen LogP contribution in [0.15, 0.2) is 39.1 Å². The van der Waals surface area contributed by atoms with Crippen LogP contribution in [0.3, 0.4) is 0 Å². The number of halogens is 2. The summed E-state index contributed by atoms with van der Waals surface area (Å²) in [6.07, 6.45) is 1.25. The predicted molar refractivity (Wildman–Crippen MR) is 75.3 cm³/mol. The Morgan fingerprint density at radius 3 is 2.83 bits per heavy atom. The van der Waals surface area contributed by atoms with Crippen molar-refractivity contribution in [3.05, 3.63) is 45.0 Å². The van der Waals surface area contributed by atoms with Gasteiger partial charge in [-0.1, -0.05) is 51.0 Å². The average molecular weight is 368 g/mol. The normalized spacial score (nSPS) is 11.7. The van der Waals surface area contributed by atoms with Gasteiger partial charge in [0.05, 0.1) is 6.20 Å². The van der Waals surface area contributed by atoms with Crippen LogP contribution in [0.2, 0.25) is 4.47 Å². The quantitative estimate of drug-likeness (QED) is 0.903. The first-order chi connectivity index (χ1) is 8.47. The first-order valence-corrected chi connectivity index (χ1v) is 8.30. The number of aromatic nitrogens is 1. The third kappa shape index (κ3) is 3.52. The Balaban J connectivity index is 2.10. The molecule has 1 N–H and O–H groups in total. The highest BCUT2D eigenvalue weighted by Crippen LogP contribution is 2.22. The van der Waals surface area contributed by atoms with Gasteiger partial charge in [0.1, 0.15) is 0 Å². The molecular formula is C10H8BrClN2O2S2. The van der Waals surface area contributed by atoms with Crippen molar-refractivity contribution >= 4 is 48.9 Å². The van der Waals surface area contributed by atoms with E-state index < -0.39 is 10.0 Å². The minimum Gasteiger partial charge on any atom is -0.232 e. The Morgan fingerprint density at radius 1 is 1.44 bits per heavy atom. The molecule has 0 aliphatic carbocycles. The molecule has 4 nitrogen and oxygen atoms in total. The molecule has 1 aromatic heterocycles. The van der Waals surface area contributed by atoms with Gasteiger partial charge in [-0.15, -0.1) is 0 Å². The lowest BCUT2D eigenvalue weighted by Crippen LogP contribution is -2.22. The molecule has 0 radical (unpaired) electrons. The van der Waals surface area contributed by atoms with Crippen molar-refractivity contribution in [3.8, 4) is 0 Å². The zero-order valence-corrected chi connectivity index (χ0v) is 12.9. The van der Waals surface area contributed by atoms with Crippen molar-refractivity contribution in [1.29, 1.82) is 0 Å². The van der Waals surface area contributed by atoms with E-state index in [2.05, 4.69) is 25.6 Å². The van der Waals surface area contributed by atoms with Crippen LogP contribution in [0, 0.1) is 0 Å². The largest absolute Gasteiger partial charge is 0.252 e. The predicted octanol–water partition coefficient (Wildman–Crippen LogP) is 3.04. The molecule has 0 saturated heterocycles. The summed E-state index contributed by atoms with van der Waals surface area (Å²) in [5.74, 6) is 0. The van der Waals surface area contributed by atoms with Gasteiger partial charge in [0.15, 0.2) is 8.68 Å². The topological polar surface area (TPSA) is 59.1 Å². The lowest BCUT2D eigenvalue weighted by Gasteiger charge is -2.04. The molecule has 1 heterocycles. The standard InChI is InChI=1S/C10H8BrClN2O2S2/c11-8-3-1-2-7(4-8)5-14-18(15,16)9-6-13-10(12)17-9/h1-4,6,14H,5H2. The van der Waals surface area contributed by atoms with Crippen LogP contribution in [0.5, 0.6) is 0 Å². The van der Waals surface area contributed by atoms with Crippen molar-refractivity contribution < 1.29 is 8.42 Å². The second-order valence-corrected chi connectivity index (χ2v) is 7.91. The van der Waals surface area contributed by atoms with Gasteiger partial charge in [-0.25, -0.2) is 18.1 Å². The Morgan fingerprint density at radius 2 is 2.22 bits per heavy atom. The van der Waals surface area contributed by atoms with Crippen LogP contribution in [0.1, 0.15) is 5.56 Å². The summed E-state index contributed by atoms with van der Waals surface area (Å²) in [7, 11) is -3.54. The summed E-state index contributed by atoms with van der Waals surface area (Å²) < 4.78 is 27.5.